The maximum atomic E-state index is 11.2. The van der Waals surface area contributed by atoms with Crippen LogP contribution in [0, 0.1) is 0 Å². The molecule has 0 saturated carbocycles. The molecule has 0 aliphatic rings. The first-order valence-electron chi connectivity index (χ1n) is 4.71. The Balaban J connectivity index is 2.23. The van der Waals surface area contributed by atoms with Crippen molar-refractivity contribution >= 4 is 11.9 Å². The van der Waals surface area contributed by atoms with Crippen LogP contribution >= 0.6 is 0 Å². The fourth-order valence-electron chi connectivity index (χ4n) is 1.04. The molecule has 0 saturated heterocycles. The van der Waals surface area contributed by atoms with Crippen LogP contribution in [0.4, 0.5) is 4.79 Å². The monoisotopic (exact) mass is 223 g/mol. The summed E-state index contributed by atoms with van der Waals surface area (Å²) in [5.74, 6) is -0.671. The van der Waals surface area contributed by atoms with E-state index in [1.54, 1.807) is 0 Å². The number of hydroxylamine groups is 1. The van der Waals surface area contributed by atoms with Gasteiger partial charge in [-0.15, -0.1) is 0 Å². The SMILES string of the molecule is O=C(CNC(=O)NCc1ccccc1)NO. The van der Waals surface area contributed by atoms with Crippen LogP contribution in [0.3, 0.4) is 0 Å². The summed E-state index contributed by atoms with van der Waals surface area (Å²) in [5, 5.41) is 13.0. The minimum Gasteiger partial charge on any atom is -0.334 e. The van der Waals surface area contributed by atoms with Crippen molar-refractivity contribution in [3.8, 4) is 0 Å². The Morgan fingerprint density at radius 3 is 2.44 bits per heavy atom. The second-order valence-corrected chi connectivity index (χ2v) is 3.06. The number of benzene rings is 1. The summed E-state index contributed by atoms with van der Waals surface area (Å²) in [6, 6.07) is 8.91. The molecule has 1 rings (SSSR count). The van der Waals surface area contributed by atoms with E-state index in [2.05, 4.69) is 10.6 Å². The normalized spacial score (nSPS) is 9.31. The zero-order valence-corrected chi connectivity index (χ0v) is 8.56. The summed E-state index contributed by atoms with van der Waals surface area (Å²) >= 11 is 0. The summed E-state index contributed by atoms with van der Waals surface area (Å²) in [6.45, 7) is 0.116. The van der Waals surface area contributed by atoms with E-state index in [4.69, 9.17) is 5.21 Å². The summed E-state index contributed by atoms with van der Waals surface area (Å²) < 4.78 is 0. The molecule has 0 spiro atoms. The standard InChI is InChI=1S/C10H13N3O3/c14-9(13-16)7-12-10(15)11-6-8-4-2-1-3-5-8/h1-5,16H,6-7H2,(H,13,14)(H2,11,12,15). The maximum absolute atomic E-state index is 11.2. The molecule has 86 valence electrons. The van der Waals surface area contributed by atoms with Crippen LogP contribution in [-0.4, -0.2) is 23.7 Å². The molecule has 6 nitrogen and oxygen atoms in total. The van der Waals surface area contributed by atoms with Gasteiger partial charge in [0, 0.05) is 6.54 Å². The summed E-state index contributed by atoms with van der Waals surface area (Å²) in [4.78, 5) is 21.7. The van der Waals surface area contributed by atoms with Gasteiger partial charge in [-0.25, -0.2) is 10.3 Å². The van der Waals surface area contributed by atoms with Gasteiger partial charge >= 0.3 is 6.03 Å². The largest absolute Gasteiger partial charge is 0.334 e. The van der Waals surface area contributed by atoms with Gasteiger partial charge in [0.05, 0.1) is 0 Å². The summed E-state index contributed by atoms with van der Waals surface area (Å²) in [7, 11) is 0. The van der Waals surface area contributed by atoms with Crippen LogP contribution < -0.4 is 16.1 Å². The van der Waals surface area contributed by atoms with Crippen molar-refractivity contribution in [1.82, 2.24) is 16.1 Å². The molecule has 4 N–H and O–H groups in total. The van der Waals surface area contributed by atoms with Gasteiger partial charge in [-0.1, -0.05) is 30.3 Å². The Morgan fingerprint density at radius 2 is 1.81 bits per heavy atom. The summed E-state index contributed by atoms with van der Waals surface area (Å²) in [5.41, 5.74) is 2.37. The van der Waals surface area contributed by atoms with Gasteiger partial charge in [0.25, 0.3) is 5.91 Å². The molecule has 0 bridgehead atoms. The van der Waals surface area contributed by atoms with Crippen molar-refractivity contribution in [1.29, 1.82) is 0 Å². The molecule has 16 heavy (non-hydrogen) atoms. The molecule has 0 heterocycles. The first-order chi connectivity index (χ1) is 7.72. The number of carbonyl (C=O) groups is 2. The van der Waals surface area contributed by atoms with E-state index in [1.807, 2.05) is 30.3 Å². The Bertz CT molecular complexity index is 354. The minimum absolute atomic E-state index is 0.267. The van der Waals surface area contributed by atoms with Crippen LogP contribution in [0.1, 0.15) is 5.56 Å². The Labute approximate surface area is 92.6 Å². The van der Waals surface area contributed by atoms with E-state index in [9.17, 15) is 9.59 Å². The van der Waals surface area contributed by atoms with Gasteiger partial charge in [-0.3, -0.25) is 10.0 Å². The number of amides is 3. The van der Waals surface area contributed by atoms with Gasteiger partial charge in [0.1, 0.15) is 6.54 Å². The molecule has 0 atom stereocenters. The molecule has 3 amide bonds. The predicted octanol–water partition coefficient (Wildman–Crippen LogP) is -0.00880. The molecule has 0 aliphatic carbocycles. The Hall–Kier alpha value is -2.08. The molecular weight excluding hydrogens is 210 g/mol. The fraction of sp³-hybridized carbons (Fsp3) is 0.200. The lowest BCUT2D eigenvalue weighted by Gasteiger charge is -2.06. The average molecular weight is 223 g/mol. The lowest BCUT2D eigenvalue weighted by Crippen LogP contribution is -2.41. The zero-order chi connectivity index (χ0) is 11.8. The second-order valence-electron chi connectivity index (χ2n) is 3.06. The second kappa shape index (κ2) is 6.41. The molecule has 0 unspecified atom stereocenters. The number of rotatable bonds is 4. The topological polar surface area (TPSA) is 90.5 Å². The summed E-state index contributed by atoms with van der Waals surface area (Å²) in [6.07, 6.45) is 0. The third-order valence-electron chi connectivity index (χ3n) is 1.83. The smallest absolute Gasteiger partial charge is 0.315 e. The van der Waals surface area contributed by atoms with Crippen LogP contribution in [-0.2, 0) is 11.3 Å². The number of nitrogens with one attached hydrogen (secondary N) is 3. The van der Waals surface area contributed by atoms with Crippen LogP contribution in [0.25, 0.3) is 0 Å². The van der Waals surface area contributed by atoms with E-state index in [0.717, 1.165) is 5.56 Å². The van der Waals surface area contributed by atoms with Crippen LogP contribution in [0.2, 0.25) is 0 Å². The molecule has 0 aromatic heterocycles. The Morgan fingerprint density at radius 1 is 1.12 bits per heavy atom. The highest BCUT2D eigenvalue weighted by atomic mass is 16.5. The minimum atomic E-state index is -0.671. The van der Waals surface area contributed by atoms with Gasteiger partial charge in [-0.05, 0) is 5.56 Å². The predicted molar refractivity (Wildman–Crippen MR) is 56.6 cm³/mol. The highest BCUT2D eigenvalue weighted by Gasteiger charge is 2.03. The molecule has 1 aromatic carbocycles. The highest BCUT2D eigenvalue weighted by molar-refractivity contribution is 5.83. The molecular formula is C10H13N3O3. The third kappa shape index (κ3) is 4.43. The zero-order valence-electron chi connectivity index (χ0n) is 8.56. The lowest BCUT2D eigenvalue weighted by atomic mass is 10.2. The lowest BCUT2D eigenvalue weighted by molar-refractivity contribution is -0.128. The fourth-order valence-corrected chi connectivity index (χ4v) is 1.04. The first kappa shape index (κ1) is 12.0. The van der Waals surface area contributed by atoms with E-state index in [0.29, 0.717) is 6.54 Å². The molecule has 6 heteroatoms. The van der Waals surface area contributed by atoms with Gasteiger partial charge in [0.2, 0.25) is 0 Å². The molecule has 1 aromatic rings. The van der Waals surface area contributed by atoms with Crippen molar-refractivity contribution in [2.24, 2.45) is 0 Å². The van der Waals surface area contributed by atoms with Gasteiger partial charge in [0.15, 0.2) is 0 Å². The number of carbonyl (C=O) groups excluding carboxylic acids is 2. The van der Waals surface area contributed by atoms with E-state index in [1.165, 1.54) is 5.48 Å². The van der Waals surface area contributed by atoms with Crippen molar-refractivity contribution < 1.29 is 14.8 Å². The van der Waals surface area contributed by atoms with Crippen LogP contribution in [0.15, 0.2) is 30.3 Å². The third-order valence-corrected chi connectivity index (χ3v) is 1.83. The van der Waals surface area contributed by atoms with Crippen molar-refractivity contribution in [2.45, 2.75) is 6.54 Å². The number of urea groups is 1. The van der Waals surface area contributed by atoms with Gasteiger partial charge < -0.3 is 10.6 Å². The van der Waals surface area contributed by atoms with E-state index < -0.39 is 11.9 Å². The molecule has 0 aliphatic heterocycles. The van der Waals surface area contributed by atoms with Crippen molar-refractivity contribution in [2.75, 3.05) is 6.54 Å². The Kier molecular flexibility index (Phi) is 4.81. The van der Waals surface area contributed by atoms with Crippen molar-refractivity contribution in [3.05, 3.63) is 35.9 Å². The number of hydrogen-bond acceptors (Lipinski definition) is 3. The highest BCUT2D eigenvalue weighted by Crippen LogP contribution is 1.96. The first-order valence-corrected chi connectivity index (χ1v) is 4.71. The molecule has 0 radical (unpaired) electrons. The molecule has 0 fully saturated rings. The van der Waals surface area contributed by atoms with E-state index in [-0.39, 0.29) is 6.54 Å². The van der Waals surface area contributed by atoms with Gasteiger partial charge in [-0.2, -0.15) is 0 Å². The van der Waals surface area contributed by atoms with Crippen molar-refractivity contribution in [3.63, 3.8) is 0 Å². The van der Waals surface area contributed by atoms with E-state index >= 15 is 0 Å². The number of hydrogen-bond donors (Lipinski definition) is 4. The van der Waals surface area contributed by atoms with Crippen LogP contribution in [0.5, 0.6) is 0 Å². The average Bonchev–Trinajstić information content (AvgIpc) is 2.34. The maximum Gasteiger partial charge on any atom is 0.315 e. The quantitative estimate of drug-likeness (QED) is 0.427.